The fourth-order valence-corrected chi connectivity index (χ4v) is 6.52. The predicted octanol–water partition coefficient (Wildman–Crippen LogP) is 6.00. The molecule has 0 spiro atoms. The highest BCUT2D eigenvalue weighted by Crippen LogP contribution is 2.33. The molecule has 0 aliphatic carbocycles. The van der Waals surface area contributed by atoms with Gasteiger partial charge in [-0.3, -0.25) is 4.55 Å². The molecular formula is C17H14I4O5S. The molecule has 146 valence electrons. The van der Waals surface area contributed by atoms with E-state index in [-0.39, 0.29) is 16.6 Å². The second-order valence-electron chi connectivity index (χ2n) is 6.02. The van der Waals surface area contributed by atoms with E-state index < -0.39 is 16.1 Å². The maximum Gasteiger partial charge on any atom is 0.344 e. The zero-order valence-corrected chi connectivity index (χ0v) is 23.8. The summed E-state index contributed by atoms with van der Waals surface area (Å²) in [4.78, 5) is 12.6. The molecule has 0 bridgehead atoms. The Labute approximate surface area is 212 Å². The molecular weight excluding hydrogens is 824 g/mol. The van der Waals surface area contributed by atoms with Crippen LogP contribution in [0.4, 0.5) is 0 Å². The van der Waals surface area contributed by atoms with E-state index in [2.05, 4.69) is 90.4 Å². The van der Waals surface area contributed by atoms with Crippen molar-refractivity contribution in [3.8, 4) is 5.75 Å². The van der Waals surface area contributed by atoms with Crippen LogP contribution in [0.5, 0.6) is 5.75 Å². The van der Waals surface area contributed by atoms with E-state index >= 15 is 0 Å². The summed E-state index contributed by atoms with van der Waals surface area (Å²) in [6, 6.07) is 4.62. The van der Waals surface area contributed by atoms with Crippen molar-refractivity contribution in [2.24, 2.45) is 0 Å². The van der Waals surface area contributed by atoms with Crippen molar-refractivity contribution in [3.63, 3.8) is 0 Å². The van der Waals surface area contributed by atoms with Gasteiger partial charge < -0.3 is 4.74 Å². The second-order valence-corrected chi connectivity index (χ2v) is 11.8. The summed E-state index contributed by atoms with van der Waals surface area (Å²) in [5.74, 6) is -0.417. The molecule has 2 aromatic carbocycles. The van der Waals surface area contributed by atoms with Gasteiger partial charge in [0.1, 0.15) is 5.75 Å². The van der Waals surface area contributed by atoms with E-state index in [0.717, 1.165) is 14.3 Å². The monoisotopic (exact) mass is 838 g/mol. The van der Waals surface area contributed by atoms with Crippen LogP contribution >= 0.6 is 90.4 Å². The van der Waals surface area contributed by atoms with Crippen molar-refractivity contribution >= 4 is 106 Å². The number of carbonyl (C=O) groups excluding carboxylic acids is 1. The minimum atomic E-state index is -4.37. The lowest BCUT2D eigenvalue weighted by atomic mass is 10.0. The van der Waals surface area contributed by atoms with Gasteiger partial charge in [0.25, 0.3) is 10.1 Å². The summed E-state index contributed by atoms with van der Waals surface area (Å²) >= 11 is 8.72. The molecule has 0 saturated carbocycles. The largest absolute Gasteiger partial charge is 0.423 e. The third-order valence-corrected chi connectivity index (χ3v) is 11.9. The van der Waals surface area contributed by atoms with Crippen molar-refractivity contribution in [2.45, 2.75) is 31.6 Å². The van der Waals surface area contributed by atoms with Crippen LogP contribution in [0, 0.1) is 21.2 Å². The molecule has 10 heteroatoms. The number of rotatable bonds is 4. The standard InChI is InChI=1S/C17H14I4O5S/c1-7(2)9-6-12(8(3)4-13(9)27(23,24)25)26-17(22)10-5-11(18)15(20)16(21)14(10)19/h4-7H,1-3H3,(H,23,24,25). The lowest BCUT2D eigenvalue weighted by Crippen LogP contribution is -2.14. The first-order valence-electron chi connectivity index (χ1n) is 7.51. The summed E-state index contributed by atoms with van der Waals surface area (Å²) in [7, 11) is -4.37. The van der Waals surface area contributed by atoms with Gasteiger partial charge in [0, 0.05) is 14.3 Å². The molecule has 0 heterocycles. The highest BCUT2D eigenvalue weighted by Gasteiger charge is 2.23. The zero-order valence-electron chi connectivity index (χ0n) is 14.3. The van der Waals surface area contributed by atoms with Crippen molar-refractivity contribution < 1.29 is 22.5 Å². The van der Waals surface area contributed by atoms with Gasteiger partial charge in [0.05, 0.1) is 10.5 Å². The van der Waals surface area contributed by atoms with Crippen molar-refractivity contribution in [2.75, 3.05) is 0 Å². The van der Waals surface area contributed by atoms with E-state index in [1.807, 2.05) is 0 Å². The molecule has 5 nitrogen and oxygen atoms in total. The Balaban J connectivity index is 2.53. The van der Waals surface area contributed by atoms with Crippen LogP contribution in [-0.2, 0) is 10.1 Å². The van der Waals surface area contributed by atoms with Crippen LogP contribution in [0.15, 0.2) is 23.1 Å². The predicted molar refractivity (Wildman–Crippen MR) is 137 cm³/mol. The highest BCUT2D eigenvalue weighted by molar-refractivity contribution is 14.1. The Hall–Kier alpha value is 0.740. The van der Waals surface area contributed by atoms with Gasteiger partial charge in [0.15, 0.2) is 0 Å². The first-order valence-corrected chi connectivity index (χ1v) is 13.3. The molecule has 0 aliphatic rings. The van der Waals surface area contributed by atoms with Crippen molar-refractivity contribution in [1.82, 2.24) is 0 Å². The molecule has 0 saturated heterocycles. The molecule has 0 atom stereocenters. The van der Waals surface area contributed by atoms with Gasteiger partial charge in [-0.2, -0.15) is 8.42 Å². The summed E-state index contributed by atoms with van der Waals surface area (Å²) in [6.45, 7) is 5.24. The molecule has 2 rings (SSSR count). The summed E-state index contributed by atoms with van der Waals surface area (Å²) in [6.07, 6.45) is 0. The highest BCUT2D eigenvalue weighted by atomic mass is 127. The molecule has 1 N–H and O–H groups in total. The lowest BCUT2D eigenvalue weighted by molar-refractivity contribution is 0.0732. The molecule has 0 amide bonds. The van der Waals surface area contributed by atoms with E-state index in [0.29, 0.717) is 16.7 Å². The quantitative estimate of drug-likeness (QED) is 0.102. The number of esters is 1. The lowest BCUT2D eigenvalue weighted by Gasteiger charge is -2.16. The van der Waals surface area contributed by atoms with E-state index in [4.69, 9.17) is 4.74 Å². The summed E-state index contributed by atoms with van der Waals surface area (Å²) in [5, 5.41) is 0. The first-order chi connectivity index (χ1) is 12.3. The molecule has 2 aromatic rings. The topological polar surface area (TPSA) is 80.7 Å². The number of hydrogen-bond acceptors (Lipinski definition) is 4. The van der Waals surface area contributed by atoms with Gasteiger partial charge in [0.2, 0.25) is 0 Å². The van der Waals surface area contributed by atoms with E-state index in [9.17, 15) is 17.8 Å². The van der Waals surface area contributed by atoms with Gasteiger partial charge in [-0.25, -0.2) is 4.79 Å². The van der Waals surface area contributed by atoms with E-state index in [1.165, 1.54) is 12.1 Å². The van der Waals surface area contributed by atoms with Crippen LogP contribution in [0.25, 0.3) is 0 Å². The van der Waals surface area contributed by atoms with Crippen LogP contribution in [0.3, 0.4) is 0 Å². The minimum Gasteiger partial charge on any atom is -0.423 e. The SMILES string of the molecule is Cc1cc(S(=O)(=O)O)c(C(C)C)cc1OC(=O)c1cc(I)c(I)c(I)c1I. The van der Waals surface area contributed by atoms with Crippen molar-refractivity contribution in [3.05, 3.63) is 49.2 Å². The number of benzene rings is 2. The number of halogens is 4. The number of ether oxygens (including phenoxy) is 1. The maximum atomic E-state index is 12.8. The van der Waals surface area contributed by atoms with Crippen LogP contribution < -0.4 is 4.74 Å². The summed E-state index contributed by atoms with van der Waals surface area (Å²) in [5.41, 5.74) is 1.30. The van der Waals surface area contributed by atoms with Gasteiger partial charge in [-0.1, -0.05) is 13.8 Å². The number of aryl methyl sites for hydroxylation is 1. The minimum absolute atomic E-state index is 0.164. The van der Waals surface area contributed by atoms with Gasteiger partial charge in [-0.05, 0) is 133 Å². The van der Waals surface area contributed by atoms with Crippen molar-refractivity contribution in [1.29, 1.82) is 0 Å². The Morgan fingerprint density at radius 1 is 1.04 bits per heavy atom. The zero-order chi connectivity index (χ0) is 20.7. The Morgan fingerprint density at radius 2 is 1.63 bits per heavy atom. The smallest absolute Gasteiger partial charge is 0.344 e. The first kappa shape index (κ1) is 24.0. The second kappa shape index (κ2) is 9.26. The normalized spacial score (nSPS) is 11.7. The maximum absolute atomic E-state index is 12.8. The molecule has 0 aliphatic heterocycles. The average molecular weight is 838 g/mol. The molecule has 0 aromatic heterocycles. The van der Waals surface area contributed by atoms with E-state index in [1.54, 1.807) is 26.8 Å². The third-order valence-electron chi connectivity index (χ3n) is 3.73. The Morgan fingerprint density at radius 3 is 2.15 bits per heavy atom. The van der Waals surface area contributed by atoms with Gasteiger partial charge in [-0.15, -0.1) is 0 Å². The average Bonchev–Trinajstić information content (AvgIpc) is 2.56. The van der Waals surface area contributed by atoms with Crippen LogP contribution in [0.2, 0.25) is 0 Å². The van der Waals surface area contributed by atoms with Crippen LogP contribution in [0.1, 0.15) is 41.3 Å². The molecule has 0 fully saturated rings. The molecule has 0 unspecified atom stereocenters. The van der Waals surface area contributed by atoms with Gasteiger partial charge >= 0.3 is 5.97 Å². The van der Waals surface area contributed by atoms with Crippen LogP contribution in [-0.4, -0.2) is 18.9 Å². The fraction of sp³-hybridized carbons (Fsp3) is 0.235. The Kier molecular flexibility index (Phi) is 8.24. The fourth-order valence-electron chi connectivity index (χ4n) is 2.34. The third kappa shape index (κ3) is 5.46. The molecule has 0 radical (unpaired) electrons. The Bertz CT molecular complexity index is 1030. The molecule has 27 heavy (non-hydrogen) atoms. The number of hydrogen-bond donors (Lipinski definition) is 1. The number of carbonyl (C=O) groups is 1. The summed E-state index contributed by atoms with van der Waals surface area (Å²) < 4.78 is 42.2.